The maximum absolute atomic E-state index is 14.9. The summed E-state index contributed by atoms with van der Waals surface area (Å²) in [7, 11) is 2.09. The van der Waals surface area contributed by atoms with Gasteiger partial charge in [-0.15, -0.1) is 0 Å². The molecule has 1 fully saturated rings. The van der Waals surface area contributed by atoms with Gasteiger partial charge in [-0.3, -0.25) is 9.36 Å². The standard InChI is InChI=1S/C25H25FN8O/c1-3-23(35)29-17-5-4-6-19(13-17)34-16-28-22-15-27-25(31-24(22)34)30-21-8-7-18(14-20(21)26)33-11-9-32(2)10-12-33/h3-8,13-16H,1,9-12H2,2H3,(H,29,35)(H,27,30,31). The fourth-order valence-corrected chi connectivity index (χ4v) is 3.97. The van der Waals surface area contributed by atoms with Crippen molar-refractivity contribution in [3.63, 3.8) is 0 Å². The van der Waals surface area contributed by atoms with Crippen molar-refractivity contribution in [2.24, 2.45) is 0 Å². The summed E-state index contributed by atoms with van der Waals surface area (Å²) in [5.41, 5.74) is 3.65. The Labute approximate surface area is 201 Å². The summed E-state index contributed by atoms with van der Waals surface area (Å²) in [6, 6.07) is 12.4. The van der Waals surface area contributed by atoms with Gasteiger partial charge in [0, 0.05) is 37.6 Å². The van der Waals surface area contributed by atoms with Crippen LogP contribution in [0.25, 0.3) is 16.9 Å². The SMILES string of the molecule is C=CC(=O)Nc1cccc(-n2cnc3cnc(Nc4ccc(N5CCN(C)CC5)cc4F)nc32)c1. The molecule has 1 aliphatic heterocycles. The van der Waals surface area contributed by atoms with Crippen LogP contribution in [-0.4, -0.2) is 63.6 Å². The monoisotopic (exact) mass is 472 g/mol. The van der Waals surface area contributed by atoms with Crippen molar-refractivity contribution in [3.05, 3.63) is 73.5 Å². The smallest absolute Gasteiger partial charge is 0.247 e. The van der Waals surface area contributed by atoms with Crippen LogP contribution in [-0.2, 0) is 4.79 Å². The first-order valence-electron chi connectivity index (χ1n) is 11.2. The number of piperazine rings is 1. The van der Waals surface area contributed by atoms with Crippen molar-refractivity contribution in [3.8, 4) is 5.69 Å². The third kappa shape index (κ3) is 4.82. The van der Waals surface area contributed by atoms with Crippen LogP contribution in [0.15, 0.2) is 67.6 Å². The molecule has 2 N–H and O–H groups in total. The molecule has 0 atom stereocenters. The number of likely N-dealkylation sites (N-methyl/N-ethyl adjacent to an activating group) is 1. The molecule has 0 saturated carbocycles. The number of carbonyl (C=O) groups excluding carboxylic acids is 1. The number of carbonyl (C=O) groups is 1. The van der Waals surface area contributed by atoms with Gasteiger partial charge in [-0.1, -0.05) is 12.6 Å². The van der Waals surface area contributed by atoms with Gasteiger partial charge in [-0.05, 0) is 49.5 Å². The van der Waals surface area contributed by atoms with Gasteiger partial charge >= 0.3 is 0 Å². The van der Waals surface area contributed by atoms with E-state index in [9.17, 15) is 9.18 Å². The molecular weight excluding hydrogens is 447 g/mol. The molecule has 35 heavy (non-hydrogen) atoms. The Balaban J connectivity index is 1.39. The van der Waals surface area contributed by atoms with Crippen LogP contribution < -0.4 is 15.5 Å². The molecule has 0 spiro atoms. The summed E-state index contributed by atoms with van der Waals surface area (Å²) < 4.78 is 16.7. The normalized spacial score (nSPS) is 14.2. The van der Waals surface area contributed by atoms with Crippen molar-refractivity contribution in [1.29, 1.82) is 0 Å². The lowest BCUT2D eigenvalue weighted by Gasteiger charge is -2.34. The number of hydrogen-bond donors (Lipinski definition) is 2. The predicted molar refractivity (Wildman–Crippen MR) is 135 cm³/mol. The van der Waals surface area contributed by atoms with Crippen LogP contribution in [0.5, 0.6) is 0 Å². The van der Waals surface area contributed by atoms with Crippen molar-refractivity contribution >= 4 is 40.1 Å². The Kier molecular flexibility index (Phi) is 6.11. The zero-order valence-corrected chi connectivity index (χ0v) is 19.3. The summed E-state index contributed by atoms with van der Waals surface area (Å²) in [6.07, 6.45) is 4.42. The molecule has 2 aromatic carbocycles. The highest BCUT2D eigenvalue weighted by atomic mass is 19.1. The number of aromatic nitrogens is 4. The molecule has 2 aromatic heterocycles. The number of imidazole rings is 1. The van der Waals surface area contributed by atoms with Crippen LogP contribution in [0.1, 0.15) is 0 Å². The predicted octanol–water partition coefficient (Wildman–Crippen LogP) is 3.57. The number of nitrogens with one attached hydrogen (secondary N) is 2. The Bertz CT molecular complexity index is 1390. The lowest BCUT2D eigenvalue weighted by Crippen LogP contribution is -2.44. The van der Waals surface area contributed by atoms with E-state index in [1.54, 1.807) is 41.4 Å². The molecule has 1 amide bonds. The van der Waals surface area contributed by atoms with E-state index in [0.717, 1.165) is 37.6 Å². The molecule has 3 heterocycles. The molecule has 0 aliphatic carbocycles. The minimum absolute atomic E-state index is 0.251. The number of amides is 1. The Hall–Kier alpha value is -4.31. The van der Waals surface area contributed by atoms with Gasteiger partial charge in [-0.2, -0.15) is 4.98 Å². The molecule has 1 aliphatic rings. The first-order chi connectivity index (χ1) is 17.0. The van der Waals surface area contributed by atoms with Crippen LogP contribution in [0.3, 0.4) is 0 Å². The van der Waals surface area contributed by atoms with Crippen molar-refractivity contribution in [2.75, 3.05) is 48.8 Å². The molecule has 5 rings (SSSR count). The van der Waals surface area contributed by atoms with E-state index in [2.05, 4.69) is 49.0 Å². The largest absolute Gasteiger partial charge is 0.369 e. The minimum atomic E-state index is -0.371. The topological polar surface area (TPSA) is 91.2 Å². The van der Waals surface area contributed by atoms with Crippen LogP contribution >= 0.6 is 0 Å². The quantitative estimate of drug-likeness (QED) is 0.415. The summed E-state index contributed by atoms with van der Waals surface area (Å²) >= 11 is 0. The maximum atomic E-state index is 14.9. The van der Waals surface area contributed by atoms with Crippen molar-refractivity contribution in [2.45, 2.75) is 0 Å². The highest BCUT2D eigenvalue weighted by Crippen LogP contribution is 2.26. The molecule has 178 valence electrons. The van der Waals surface area contributed by atoms with Crippen LogP contribution in [0.2, 0.25) is 0 Å². The van der Waals surface area contributed by atoms with E-state index in [1.807, 2.05) is 18.2 Å². The molecular formula is C25H25FN8O. The van der Waals surface area contributed by atoms with Crippen LogP contribution in [0.4, 0.5) is 27.4 Å². The second-order valence-corrected chi connectivity index (χ2v) is 8.34. The molecule has 4 aromatic rings. The number of fused-ring (bicyclic) bond motifs is 1. The number of rotatable bonds is 6. The third-order valence-corrected chi connectivity index (χ3v) is 5.94. The van der Waals surface area contributed by atoms with E-state index >= 15 is 0 Å². The summed E-state index contributed by atoms with van der Waals surface area (Å²) in [5, 5.41) is 5.72. The highest BCUT2D eigenvalue weighted by molar-refractivity contribution is 5.99. The van der Waals surface area contributed by atoms with Crippen molar-refractivity contribution in [1.82, 2.24) is 24.4 Å². The zero-order valence-electron chi connectivity index (χ0n) is 19.3. The lowest BCUT2D eigenvalue weighted by molar-refractivity contribution is -0.111. The molecule has 0 bridgehead atoms. The van der Waals surface area contributed by atoms with Gasteiger partial charge in [0.2, 0.25) is 11.9 Å². The first kappa shape index (κ1) is 22.5. The van der Waals surface area contributed by atoms with E-state index in [0.29, 0.717) is 22.5 Å². The molecule has 0 radical (unpaired) electrons. The Morgan fingerprint density at radius 1 is 1.09 bits per heavy atom. The zero-order chi connectivity index (χ0) is 24.4. The van der Waals surface area contributed by atoms with E-state index in [-0.39, 0.29) is 17.7 Å². The minimum Gasteiger partial charge on any atom is -0.369 e. The van der Waals surface area contributed by atoms with Gasteiger partial charge < -0.3 is 20.4 Å². The van der Waals surface area contributed by atoms with Crippen molar-refractivity contribution < 1.29 is 9.18 Å². The van der Waals surface area contributed by atoms with Gasteiger partial charge in [-0.25, -0.2) is 14.4 Å². The maximum Gasteiger partial charge on any atom is 0.247 e. The second kappa shape index (κ2) is 9.51. The summed E-state index contributed by atoms with van der Waals surface area (Å²) in [4.78, 5) is 29.3. The second-order valence-electron chi connectivity index (χ2n) is 8.34. The Morgan fingerprint density at radius 3 is 2.69 bits per heavy atom. The number of halogens is 1. The Morgan fingerprint density at radius 2 is 1.91 bits per heavy atom. The summed E-state index contributed by atoms with van der Waals surface area (Å²) in [6.45, 7) is 7.10. The van der Waals surface area contributed by atoms with E-state index < -0.39 is 0 Å². The average molecular weight is 473 g/mol. The van der Waals surface area contributed by atoms with Gasteiger partial charge in [0.1, 0.15) is 17.7 Å². The number of benzene rings is 2. The first-order valence-corrected chi connectivity index (χ1v) is 11.2. The van der Waals surface area contributed by atoms with Gasteiger partial charge in [0.05, 0.1) is 17.6 Å². The molecule has 0 unspecified atom stereocenters. The molecule has 9 nitrogen and oxygen atoms in total. The van der Waals surface area contributed by atoms with E-state index in [1.165, 1.54) is 6.08 Å². The van der Waals surface area contributed by atoms with Gasteiger partial charge in [0.15, 0.2) is 5.65 Å². The number of anilines is 4. The van der Waals surface area contributed by atoms with E-state index in [4.69, 9.17) is 0 Å². The van der Waals surface area contributed by atoms with Gasteiger partial charge in [0.25, 0.3) is 0 Å². The third-order valence-electron chi connectivity index (χ3n) is 5.94. The molecule has 10 heteroatoms. The number of nitrogens with zero attached hydrogens (tertiary/aromatic N) is 6. The van der Waals surface area contributed by atoms with Crippen LogP contribution in [0, 0.1) is 5.82 Å². The highest BCUT2D eigenvalue weighted by Gasteiger charge is 2.16. The fourth-order valence-electron chi connectivity index (χ4n) is 3.97. The molecule has 1 saturated heterocycles. The lowest BCUT2D eigenvalue weighted by atomic mass is 10.2. The fraction of sp³-hybridized carbons (Fsp3) is 0.200. The average Bonchev–Trinajstić information content (AvgIpc) is 3.29. The summed E-state index contributed by atoms with van der Waals surface area (Å²) in [5.74, 6) is -0.418. The number of hydrogen-bond acceptors (Lipinski definition) is 7.